The number of rotatable bonds is 7. The van der Waals surface area contributed by atoms with Crippen molar-refractivity contribution < 1.29 is 13.9 Å². The Morgan fingerprint density at radius 1 is 1.08 bits per heavy atom. The van der Waals surface area contributed by atoms with E-state index in [9.17, 15) is 9.18 Å². The molecule has 0 unspecified atom stereocenters. The average molecular weight is 570 g/mol. The van der Waals surface area contributed by atoms with Crippen molar-refractivity contribution in [2.75, 3.05) is 0 Å². The van der Waals surface area contributed by atoms with Gasteiger partial charge in [0.2, 0.25) is 0 Å². The number of fused-ring (bicyclic) bond motifs is 1. The summed E-state index contributed by atoms with van der Waals surface area (Å²) >= 11 is 5.25. The molecule has 0 bridgehead atoms. The minimum absolute atomic E-state index is 0.0409. The summed E-state index contributed by atoms with van der Waals surface area (Å²) in [7, 11) is 0. The SMILES string of the molecule is O=C(NC1CCCCC1)c1c(/N=C\c2ccc(OCc3ccc(F)cc3)c(Br)c2)sc2c1CCCC2. The van der Waals surface area contributed by atoms with E-state index in [1.807, 2.05) is 24.4 Å². The number of carbonyl (C=O) groups is 1. The second-order valence-corrected chi connectivity index (χ2v) is 11.5. The molecule has 36 heavy (non-hydrogen) atoms. The van der Waals surface area contributed by atoms with Crippen molar-refractivity contribution in [2.24, 2.45) is 4.99 Å². The van der Waals surface area contributed by atoms with Crippen LogP contribution in [0.4, 0.5) is 9.39 Å². The van der Waals surface area contributed by atoms with Crippen LogP contribution in [0.5, 0.6) is 5.75 Å². The van der Waals surface area contributed by atoms with E-state index in [1.54, 1.807) is 23.5 Å². The molecule has 1 fully saturated rings. The van der Waals surface area contributed by atoms with Crippen LogP contribution in [0.3, 0.4) is 0 Å². The fourth-order valence-corrected chi connectivity index (χ4v) is 6.71. The number of halogens is 2. The first-order chi connectivity index (χ1) is 17.6. The Balaban J connectivity index is 1.31. The average Bonchev–Trinajstić information content (AvgIpc) is 3.27. The lowest BCUT2D eigenvalue weighted by Gasteiger charge is -2.23. The molecule has 5 rings (SSSR count). The lowest BCUT2D eigenvalue weighted by Crippen LogP contribution is -2.36. The Morgan fingerprint density at radius 2 is 1.86 bits per heavy atom. The highest BCUT2D eigenvalue weighted by Gasteiger charge is 2.27. The number of benzene rings is 2. The van der Waals surface area contributed by atoms with Crippen molar-refractivity contribution >= 4 is 44.4 Å². The Bertz CT molecular complexity index is 1250. The first-order valence-corrected chi connectivity index (χ1v) is 14.3. The number of amides is 1. The van der Waals surface area contributed by atoms with Gasteiger partial charge in [0.25, 0.3) is 5.91 Å². The maximum atomic E-state index is 13.4. The molecule has 188 valence electrons. The number of carbonyl (C=O) groups excluding carboxylic acids is 1. The van der Waals surface area contributed by atoms with E-state index >= 15 is 0 Å². The summed E-state index contributed by atoms with van der Waals surface area (Å²) in [4.78, 5) is 19.5. The molecular weight excluding hydrogens is 539 g/mol. The maximum absolute atomic E-state index is 13.4. The van der Waals surface area contributed by atoms with Gasteiger partial charge in [-0.1, -0.05) is 31.4 Å². The van der Waals surface area contributed by atoms with Crippen LogP contribution in [-0.4, -0.2) is 18.2 Å². The van der Waals surface area contributed by atoms with Crippen LogP contribution in [0.15, 0.2) is 51.9 Å². The third kappa shape index (κ3) is 6.06. The minimum Gasteiger partial charge on any atom is -0.488 e. The fraction of sp³-hybridized carbons (Fsp3) is 0.379. The maximum Gasteiger partial charge on any atom is 0.254 e. The highest BCUT2D eigenvalue weighted by molar-refractivity contribution is 9.10. The summed E-state index contributed by atoms with van der Waals surface area (Å²) in [6.45, 7) is 0.354. The van der Waals surface area contributed by atoms with Crippen LogP contribution in [0, 0.1) is 5.82 Å². The summed E-state index contributed by atoms with van der Waals surface area (Å²) < 4.78 is 19.8. The molecule has 2 aliphatic carbocycles. The zero-order valence-electron chi connectivity index (χ0n) is 20.2. The Hall–Kier alpha value is -2.51. The Labute approximate surface area is 224 Å². The molecule has 0 aliphatic heterocycles. The highest BCUT2D eigenvalue weighted by Crippen LogP contribution is 2.40. The predicted octanol–water partition coefficient (Wildman–Crippen LogP) is 7.92. The lowest BCUT2D eigenvalue weighted by molar-refractivity contribution is 0.0927. The Morgan fingerprint density at radius 3 is 2.64 bits per heavy atom. The second-order valence-electron chi connectivity index (χ2n) is 9.56. The standard InChI is InChI=1S/C29H30BrFN2O2S/c30-24-16-20(12-15-25(24)35-18-19-10-13-21(31)14-11-19)17-32-29-27(23-8-4-5-9-26(23)36-29)28(34)33-22-6-2-1-3-7-22/h10-17,22H,1-9,18H2,(H,33,34)/b32-17-. The first kappa shape index (κ1) is 25.2. The van der Waals surface area contributed by atoms with Crippen LogP contribution < -0.4 is 10.1 Å². The molecule has 1 amide bonds. The van der Waals surface area contributed by atoms with Gasteiger partial charge in [-0.05, 0) is 101 Å². The quantitative estimate of drug-likeness (QED) is 0.294. The van der Waals surface area contributed by atoms with E-state index < -0.39 is 0 Å². The van der Waals surface area contributed by atoms with Crippen molar-refractivity contribution in [3.05, 3.63) is 79.9 Å². The van der Waals surface area contributed by atoms with Gasteiger partial charge in [-0.2, -0.15) is 0 Å². The van der Waals surface area contributed by atoms with Crippen molar-refractivity contribution in [1.29, 1.82) is 0 Å². The van der Waals surface area contributed by atoms with Gasteiger partial charge in [0.1, 0.15) is 23.2 Å². The summed E-state index contributed by atoms with van der Waals surface area (Å²) in [5, 5.41) is 4.11. The van der Waals surface area contributed by atoms with E-state index in [0.717, 1.165) is 58.3 Å². The van der Waals surface area contributed by atoms with Crippen molar-refractivity contribution in [1.82, 2.24) is 5.32 Å². The zero-order chi connectivity index (χ0) is 24.9. The molecule has 0 atom stereocenters. The van der Waals surface area contributed by atoms with Gasteiger partial charge in [0, 0.05) is 17.1 Å². The molecule has 0 saturated heterocycles. The van der Waals surface area contributed by atoms with Crippen molar-refractivity contribution in [3.8, 4) is 5.75 Å². The summed E-state index contributed by atoms with van der Waals surface area (Å²) in [5.74, 6) is 0.486. The van der Waals surface area contributed by atoms with E-state index in [-0.39, 0.29) is 17.8 Å². The number of aliphatic imine (C=N–C) groups is 1. The van der Waals surface area contributed by atoms with E-state index in [2.05, 4.69) is 21.2 Å². The third-order valence-electron chi connectivity index (χ3n) is 6.91. The highest BCUT2D eigenvalue weighted by atomic mass is 79.9. The molecule has 0 spiro atoms. The van der Waals surface area contributed by atoms with Crippen LogP contribution >= 0.6 is 27.3 Å². The van der Waals surface area contributed by atoms with Crippen LogP contribution in [0.2, 0.25) is 0 Å². The topological polar surface area (TPSA) is 50.7 Å². The lowest BCUT2D eigenvalue weighted by atomic mass is 9.93. The van der Waals surface area contributed by atoms with E-state index in [4.69, 9.17) is 9.73 Å². The number of ether oxygens (including phenoxy) is 1. The number of thiophene rings is 1. The molecule has 4 nitrogen and oxygen atoms in total. The zero-order valence-corrected chi connectivity index (χ0v) is 22.6. The molecule has 1 N–H and O–H groups in total. The number of nitrogens with one attached hydrogen (secondary N) is 1. The molecule has 2 aliphatic rings. The molecule has 0 radical (unpaired) electrons. The molecule has 1 heterocycles. The predicted molar refractivity (Wildman–Crippen MR) is 147 cm³/mol. The van der Waals surface area contributed by atoms with Crippen LogP contribution in [0.1, 0.15) is 76.9 Å². The van der Waals surface area contributed by atoms with Gasteiger partial charge in [-0.3, -0.25) is 4.79 Å². The summed E-state index contributed by atoms with van der Waals surface area (Å²) in [6, 6.07) is 12.4. The first-order valence-electron chi connectivity index (χ1n) is 12.7. The van der Waals surface area contributed by atoms with Gasteiger partial charge in [0.05, 0.1) is 10.0 Å². The van der Waals surface area contributed by atoms with E-state index in [1.165, 1.54) is 48.3 Å². The van der Waals surface area contributed by atoms with Crippen LogP contribution in [-0.2, 0) is 19.4 Å². The van der Waals surface area contributed by atoms with Gasteiger partial charge >= 0.3 is 0 Å². The second kappa shape index (κ2) is 11.7. The summed E-state index contributed by atoms with van der Waals surface area (Å²) in [5.41, 5.74) is 3.81. The molecule has 3 aromatic rings. The third-order valence-corrected chi connectivity index (χ3v) is 8.73. The molecule has 2 aromatic carbocycles. The van der Waals surface area contributed by atoms with Crippen LogP contribution in [0.25, 0.3) is 0 Å². The van der Waals surface area contributed by atoms with Crippen molar-refractivity contribution in [2.45, 2.75) is 70.4 Å². The number of hydrogen-bond donors (Lipinski definition) is 1. The normalized spacial score (nSPS) is 16.2. The minimum atomic E-state index is -0.259. The van der Waals surface area contributed by atoms with Gasteiger partial charge in [-0.25, -0.2) is 9.38 Å². The van der Waals surface area contributed by atoms with Gasteiger partial charge in [0.15, 0.2) is 0 Å². The molecule has 1 aromatic heterocycles. The molecule has 7 heteroatoms. The Kier molecular flexibility index (Phi) is 8.17. The van der Waals surface area contributed by atoms with Crippen molar-refractivity contribution in [3.63, 3.8) is 0 Å². The van der Waals surface area contributed by atoms with Gasteiger partial charge in [-0.15, -0.1) is 11.3 Å². The molecule has 1 saturated carbocycles. The number of aryl methyl sites for hydroxylation is 1. The number of hydrogen-bond acceptors (Lipinski definition) is 4. The monoisotopic (exact) mass is 568 g/mol. The summed E-state index contributed by atoms with van der Waals surface area (Å²) in [6.07, 6.45) is 11.9. The smallest absolute Gasteiger partial charge is 0.254 e. The van der Waals surface area contributed by atoms with Gasteiger partial charge < -0.3 is 10.1 Å². The number of nitrogens with zero attached hydrogens (tertiary/aromatic N) is 1. The fourth-order valence-electron chi connectivity index (χ4n) is 4.97. The molecular formula is C29H30BrFN2O2S. The largest absolute Gasteiger partial charge is 0.488 e. The van der Waals surface area contributed by atoms with E-state index in [0.29, 0.717) is 12.4 Å².